The van der Waals surface area contributed by atoms with Crippen molar-refractivity contribution in [1.29, 1.82) is 0 Å². The number of aryl methyl sites for hydroxylation is 2. The quantitative estimate of drug-likeness (QED) is 0.329. The summed E-state index contributed by atoms with van der Waals surface area (Å²) in [6, 6.07) is 8.28. The molecule has 2 aromatic heterocycles. The molecule has 4 heterocycles. The van der Waals surface area contributed by atoms with Crippen LogP contribution >= 0.6 is 0 Å². The van der Waals surface area contributed by atoms with E-state index in [1.54, 1.807) is 0 Å². The van der Waals surface area contributed by atoms with Gasteiger partial charge >= 0.3 is 0 Å². The lowest BCUT2D eigenvalue weighted by atomic mass is 9.99. The van der Waals surface area contributed by atoms with Gasteiger partial charge < -0.3 is 13.8 Å². The zero-order valence-corrected chi connectivity index (χ0v) is 21.1. The van der Waals surface area contributed by atoms with E-state index >= 15 is 0 Å². The van der Waals surface area contributed by atoms with Gasteiger partial charge in [-0.3, -0.25) is 9.69 Å². The number of halogens is 3. The number of carbonyl (C=O) groups is 1. The Balaban J connectivity index is 1.49. The Bertz CT molecular complexity index is 1510. The molecule has 2 fully saturated rings. The van der Waals surface area contributed by atoms with Crippen molar-refractivity contribution in [3.05, 3.63) is 65.3 Å². The number of nitrogens with zero attached hydrogens (tertiary/aromatic N) is 4. The monoisotopic (exact) mass is 524 g/mol. The molecular weight excluding hydrogens is 497 g/mol. The highest BCUT2D eigenvalue weighted by Crippen LogP contribution is 2.41. The second-order valence-electron chi connectivity index (χ2n) is 10.1. The second-order valence-corrected chi connectivity index (χ2v) is 10.1. The van der Waals surface area contributed by atoms with Crippen molar-refractivity contribution in [2.45, 2.75) is 51.9 Å². The van der Waals surface area contributed by atoms with Crippen LogP contribution in [0.15, 0.2) is 40.9 Å². The Morgan fingerprint density at radius 1 is 1.05 bits per heavy atom. The predicted molar refractivity (Wildman–Crippen MR) is 134 cm³/mol. The van der Waals surface area contributed by atoms with E-state index in [9.17, 15) is 18.0 Å². The Morgan fingerprint density at radius 3 is 2.55 bits per heavy atom. The summed E-state index contributed by atoms with van der Waals surface area (Å²) in [5, 5.41) is 4.05. The molecule has 38 heavy (non-hydrogen) atoms. The zero-order chi connectivity index (χ0) is 26.6. The van der Waals surface area contributed by atoms with Gasteiger partial charge in [-0.25, -0.2) is 18.2 Å². The molecule has 4 aromatic rings. The van der Waals surface area contributed by atoms with Gasteiger partial charge in [-0.15, -0.1) is 0 Å². The molecule has 2 aliphatic heterocycles. The molecule has 0 bridgehead atoms. The number of hydrogen-bond donors (Lipinski definition) is 0. The number of carbonyl (C=O) groups excluding carboxylic acids is 1. The Kier molecular flexibility index (Phi) is 6.22. The summed E-state index contributed by atoms with van der Waals surface area (Å²) in [6.45, 7) is 5.67. The molecule has 0 aliphatic carbocycles. The predicted octanol–water partition coefficient (Wildman–Crippen LogP) is 5.83. The molecule has 0 spiro atoms. The Morgan fingerprint density at radius 2 is 1.84 bits per heavy atom. The summed E-state index contributed by atoms with van der Waals surface area (Å²) < 4.78 is 55.6. The van der Waals surface area contributed by atoms with Gasteiger partial charge in [-0.1, -0.05) is 11.2 Å². The number of hydrogen-bond acceptors (Lipinski definition) is 5. The maximum absolute atomic E-state index is 14.9. The van der Waals surface area contributed by atoms with Gasteiger partial charge in [-0.2, -0.15) is 0 Å². The van der Waals surface area contributed by atoms with Crippen LogP contribution in [0.5, 0.6) is 0 Å². The second kappa shape index (κ2) is 9.58. The van der Waals surface area contributed by atoms with Crippen molar-refractivity contribution in [3.8, 4) is 11.1 Å². The van der Waals surface area contributed by atoms with Crippen LogP contribution in [0.3, 0.4) is 0 Å². The van der Waals surface area contributed by atoms with Crippen LogP contribution in [-0.2, 0) is 16.1 Å². The molecule has 1 amide bonds. The van der Waals surface area contributed by atoms with Crippen molar-refractivity contribution >= 4 is 22.6 Å². The van der Waals surface area contributed by atoms with E-state index in [1.165, 1.54) is 11.0 Å². The number of benzene rings is 2. The third-order valence-electron chi connectivity index (χ3n) is 7.61. The number of anilines is 1. The number of alkyl halides is 1. The normalized spacial score (nSPS) is 20.7. The largest absolute Gasteiger partial charge is 0.381 e. The van der Waals surface area contributed by atoms with Crippen LogP contribution in [0.2, 0.25) is 0 Å². The molecule has 198 valence electrons. The van der Waals surface area contributed by atoms with Gasteiger partial charge in [0.2, 0.25) is 0 Å². The lowest BCUT2D eigenvalue weighted by Gasteiger charge is -2.27. The van der Waals surface area contributed by atoms with E-state index in [4.69, 9.17) is 14.2 Å². The summed E-state index contributed by atoms with van der Waals surface area (Å²) in [7, 11) is 0. The molecule has 2 saturated heterocycles. The van der Waals surface area contributed by atoms with E-state index in [0.717, 1.165) is 47.3 Å². The van der Waals surface area contributed by atoms with Crippen molar-refractivity contribution in [3.63, 3.8) is 0 Å². The molecule has 0 unspecified atom stereocenters. The van der Waals surface area contributed by atoms with E-state index in [-0.39, 0.29) is 12.1 Å². The molecule has 2 aromatic carbocycles. The highest BCUT2D eigenvalue weighted by molar-refractivity contribution is 5.99. The van der Waals surface area contributed by atoms with Crippen molar-refractivity contribution < 1.29 is 27.2 Å². The molecule has 7 nitrogen and oxygen atoms in total. The summed E-state index contributed by atoms with van der Waals surface area (Å²) in [6.07, 6.45) is -0.162. The first-order chi connectivity index (χ1) is 18.3. The minimum absolute atomic E-state index is 0.0973. The fraction of sp³-hybridized carbons (Fsp3) is 0.393. The van der Waals surface area contributed by atoms with Crippen molar-refractivity contribution in [2.75, 3.05) is 18.1 Å². The van der Waals surface area contributed by atoms with Crippen LogP contribution in [0, 0.1) is 31.4 Å². The molecule has 0 saturated carbocycles. The summed E-state index contributed by atoms with van der Waals surface area (Å²) >= 11 is 0. The lowest BCUT2D eigenvalue weighted by molar-refractivity contribution is -0.121. The SMILES string of the molecule is Cc1noc(C)c1-c1ccc2c(c1)nc([C@@H]1C[C@H](F)C(=O)N1c1ccc(F)c(F)c1)n2CC1CCOCC1. The minimum Gasteiger partial charge on any atom is -0.381 e. The number of imidazole rings is 1. The van der Waals surface area contributed by atoms with Crippen molar-refractivity contribution in [2.24, 2.45) is 5.92 Å². The van der Waals surface area contributed by atoms with Gasteiger partial charge in [0.15, 0.2) is 17.8 Å². The maximum atomic E-state index is 14.9. The van der Waals surface area contributed by atoms with Crippen LogP contribution in [0.1, 0.15) is 42.6 Å². The minimum atomic E-state index is -1.78. The summed E-state index contributed by atoms with van der Waals surface area (Å²) in [5.74, 6) is -1.40. The average molecular weight is 525 g/mol. The Hall–Kier alpha value is -3.66. The van der Waals surface area contributed by atoms with Crippen LogP contribution < -0.4 is 4.90 Å². The van der Waals surface area contributed by atoms with E-state index in [0.29, 0.717) is 42.8 Å². The van der Waals surface area contributed by atoms with Gasteiger partial charge in [-0.05, 0) is 62.4 Å². The van der Waals surface area contributed by atoms with Crippen molar-refractivity contribution in [1.82, 2.24) is 14.7 Å². The van der Waals surface area contributed by atoms with E-state index < -0.39 is 29.8 Å². The maximum Gasteiger partial charge on any atom is 0.262 e. The topological polar surface area (TPSA) is 73.4 Å². The first-order valence-electron chi connectivity index (χ1n) is 12.7. The van der Waals surface area contributed by atoms with Gasteiger partial charge in [0.25, 0.3) is 5.91 Å². The average Bonchev–Trinajstić information content (AvgIpc) is 3.53. The van der Waals surface area contributed by atoms with E-state index in [2.05, 4.69) is 5.16 Å². The first kappa shape index (κ1) is 24.7. The number of aromatic nitrogens is 3. The standard InChI is InChI=1S/C28H27F3N4O3/c1-15-26(16(2)38-33-15)18-3-6-24-23(11-18)32-27(34(24)14-17-7-9-37-10-8-17)25-13-22(31)28(36)35(25)19-4-5-20(29)21(30)12-19/h3-6,11-12,17,22,25H,7-10,13-14H2,1-2H3/t22-,25-/m0/s1. The zero-order valence-electron chi connectivity index (χ0n) is 21.1. The number of ether oxygens (including phenoxy) is 1. The van der Waals surface area contributed by atoms with Gasteiger partial charge in [0.1, 0.15) is 11.6 Å². The third-order valence-corrected chi connectivity index (χ3v) is 7.61. The molecule has 6 rings (SSSR count). The molecule has 0 N–H and O–H groups in total. The fourth-order valence-electron chi connectivity index (χ4n) is 5.70. The highest BCUT2D eigenvalue weighted by Gasteiger charge is 2.44. The van der Waals surface area contributed by atoms with Crippen LogP contribution in [0.25, 0.3) is 22.2 Å². The van der Waals surface area contributed by atoms with Gasteiger partial charge in [0.05, 0.1) is 22.8 Å². The number of rotatable bonds is 5. The first-order valence-corrected chi connectivity index (χ1v) is 12.7. The summed E-state index contributed by atoms with van der Waals surface area (Å²) in [4.78, 5) is 19.1. The molecular formula is C28H27F3N4O3. The van der Waals surface area contributed by atoms with Gasteiger partial charge in [0, 0.05) is 43.5 Å². The fourth-order valence-corrected chi connectivity index (χ4v) is 5.70. The molecule has 2 aliphatic rings. The van der Waals surface area contributed by atoms with E-state index in [1.807, 2.05) is 36.6 Å². The smallest absolute Gasteiger partial charge is 0.262 e. The number of fused-ring (bicyclic) bond motifs is 1. The van der Waals surface area contributed by atoms with Crippen LogP contribution in [-0.4, -0.2) is 40.0 Å². The number of amides is 1. The lowest BCUT2D eigenvalue weighted by Crippen LogP contribution is -2.32. The third kappa shape index (κ3) is 4.16. The van der Waals surface area contributed by atoms with Crippen LogP contribution in [0.4, 0.5) is 18.9 Å². The molecule has 0 radical (unpaired) electrons. The molecule has 2 atom stereocenters. The Labute approximate surface area is 217 Å². The summed E-state index contributed by atoms with van der Waals surface area (Å²) in [5.41, 5.74) is 4.16. The molecule has 10 heteroatoms. The highest BCUT2D eigenvalue weighted by atomic mass is 19.2.